The molecule has 3 aromatic rings. The van der Waals surface area contributed by atoms with Gasteiger partial charge in [0, 0.05) is 24.0 Å². The fourth-order valence-corrected chi connectivity index (χ4v) is 4.30. The molecule has 0 unspecified atom stereocenters. The van der Waals surface area contributed by atoms with Gasteiger partial charge in [0.15, 0.2) is 11.0 Å². The molecule has 4 rings (SSSR count). The number of hydrogen-bond donors (Lipinski definition) is 1. The minimum absolute atomic E-state index is 0.158. The lowest BCUT2D eigenvalue weighted by atomic mass is 10.2. The average Bonchev–Trinajstić information content (AvgIpc) is 3.28. The summed E-state index contributed by atoms with van der Waals surface area (Å²) in [6.45, 7) is 1.83. The van der Waals surface area contributed by atoms with Crippen LogP contribution in [0, 0.1) is 11.3 Å². The van der Waals surface area contributed by atoms with Gasteiger partial charge in [-0.25, -0.2) is 0 Å². The number of carbonyl (C=O) groups excluding carboxylic acids is 1. The molecule has 9 heteroatoms. The SMILES string of the molecule is C[C@@H](Sc1nnc(-c2ccncc2)n1C1CC1)C(=O)Nc1sccc1C#N. The topological polar surface area (TPSA) is 96.5 Å². The Hall–Kier alpha value is -2.70. The van der Waals surface area contributed by atoms with Crippen molar-refractivity contribution in [3.8, 4) is 17.5 Å². The summed E-state index contributed by atoms with van der Waals surface area (Å²) in [5, 5.41) is 23.3. The Labute approximate surface area is 164 Å². The third-order valence-electron chi connectivity index (χ3n) is 4.19. The van der Waals surface area contributed by atoms with E-state index in [2.05, 4.69) is 31.1 Å². The lowest BCUT2D eigenvalue weighted by Crippen LogP contribution is -2.22. The fourth-order valence-electron chi connectivity index (χ4n) is 2.64. The Morgan fingerprint density at radius 2 is 2.15 bits per heavy atom. The number of pyridine rings is 1. The monoisotopic (exact) mass is 396 g/mol. The molecule has 1 aliphatic carbocycles. The first-order valence-electron chi connectivity index (χ1n) is 8.47. The minimum atomic E-state index is -0.370. The second-order valence-corrected chi connectivity index (χ2v) is 8.39. The van der Waals surface area contributed by atoms with Crippen molar-refractivity contribution in [3.63, 3.8) is 0 Å². The van der Waals surface area contributed by atoms with E-state index in [1.54, 1.807) is 23.8 Å². The lowest BCUT2D eigenvalue weighted by molar-refractivity contribution is -0.115. The zero-order valence-corrected chi connectivity index (χ0v) is 16.1. The highest BCUT2D eigenvalue weighted by molar-refractivity contribution is 8.00. The standard InChI is InChI=1S/C18H16N6OS2/c1-11(16(25)21-17-13(10-19)6-9-26-17)27-18-23-22-15(24(18)14-2-3-14)12-4-7-20-8-5-12/h4-9,11,14H,2-3H2,1H3,(H,21,25)/t11-/m1/s1. The molecule has 1 atom stereocenters. The van der Waals surface area contributed by atoms with Crippen molar-refractivity contribution < 1.29 is 4.79 Å². The van der Waals surface area contributed by atoms with Crippen LogP contribution in [0.3, 0.4) is 0 Å². The van der Waals surface area contributed by atoms with E-state index in [0.29, 0.717) is 16.6 Å². The Kier molecular flexibility index (Phi) is 4.92. The molecule has 0 aliphatic heterocycles. The van der Waals surface area contributed by atoms with Gasteiger partial charge in [0.1, 0.15) is 11.1 Å². The van der Waals surface area contributed by atoms with Gasteiger partial charge in [-0.05, 0) is 43.3 Å². The number of aromatic nitrogens is 4. The van der Waals surface area contributed by atoms with Crippen LogP contribution in [-0.4, -0.2) is 30.9 Å². The van der Waals surface area contributed by atoms with Crippen LogP contribution in [0.4, 0.5) is 5.00 Å². The summed E-state index contributed by atoms with van der Waals surface area (Å²) >= 11 is 2.72. The first-order chi connectivity index (χ1) is 13.2. The number of carbonyl (C=O) groups is 1. The quantitative estimate of drug-likeness (QED) is 0.638. The van der Waals surface area contributed by atoms with Gasteiger partial charge in [-0.15, -0.1) is 21.5 Å². The largest absolute Gasteiger partial charge is 0.316 e. The van der Waals surface area contributed by atoms with Crippen LogP contribution in [0.5, 0.6) is 0 Å². The number of thioether (sulfide) groups is 1. The number of nitrogens with one attached hydrogen (secondary N) is 1. The number of rotatable bonds is 6. The summed E-state index contributed by atoms with van der Waals surface area (Å²) in [4.78, 5) is 16.6. The van der Waals surface area contributed by atoms with Crippen LogP contribution in [0.1, 0.15) is 31.4 Å². The van der Waals surface area contributed by atoms with Crippen LogP contribution in [0.2, 0.25) is 0 Å². The van der Waals surface area contributed by atoms with Crippen LogP contribution in [0.15, 0.2) is 41.1 Å². The second kappa shape index (κ2) is 7.50. The van der Waals surface area contributed by atoms with Gasteiger partial charge < -0.3 is 5.32 Å². The summed E-state index contributed by atoms with van der Waals surface area (Å²) in [6.07, 6.45) is 5.64. The number of thiophene rings is 1. The van der Waals surface area contributed by atoms with Gasteiger partial charge >= 0.3 is 0 Å². The van der Waals surface area contributed by atoms with Crippen LogP contribution in [-0.2, 0) is 4.79 Å². The maximum Gasteiger partial charge on any atom is 0.238 e. The maximum atomic E-state index is 12.6. The van der Waals surface area contributed by atoms with E-state index in [4.69, 9.17) is 5.26 Å². The van der Waals surface area contributed by atoms with Crippen LogP contribution >= 0.6 is 23.1 Å². The molecule has 0 saturated heterocycles. The first-order valence-corrected chi connectivity index (χ1v) is 10.2. The van der Waals surface area contributed by atoms with E-state index in [9.17, 15) is 4.79 Å². The van der Waals surface area contributed by atoms with E-state index in [-0.39, 0.29) is 11.2 Å². The Balaban J connectivity index is 1.53. The third kappa shape index (κ3) is 3.72. The predicted octanol–water partition coefficient (Wildman–Crippen LogP) is 3.73. The summed E-state index contributed by atoms with van der Waals surface area (Å²) in [5.41, 5.74) is 1.44. The van der Waals surface area contributed by atoms with Crippen molar-refractivity contribution in [1.29, 1.82) is 5.26 Å². The zero-order valence-electron chi connectivity index (χ0n) is 14.5. The van der Waals surface area contributed by atoms with E-state index in [1.165, 1.54) is 23.1 Å². The molecule has 1 fully saturated rings. The van der Waals surface area contributed by atoms with Gasteiger partial charge in [-0.1, -0.05) is 11.8 Å². The molecule has 1 N–H and O–H groups in total. The molecule has 27 heavy (non-hydrogen) atoms. The molecular formula is C18H16N6OS2. The molecule has 7 nitrogen and oxygen atoms in total. The molecule has 136 valence electrons. The number of nitrogens with zero attached hydrogens (tertiary/aromatic N) is 5. The summed E-state index contributed by atoms with van der Waals surface area (Å²) in [6, 6.07) is 7.98. The van der Waals surface area contributed by atoms with Crippen molar-refractivity contribution in [2.75, 3.05) is 5.32 Å². The molecule has 1 amide bonds. The first kappa shape index (κ1) is 17.7. The highest BCUT2D eigenvalue weighted by Gasteiger charge is 2.31. The number of nitriles is 1. The molecule has 1 aliphatic rings. The van der Waals surface area contributed by atoms with Gasteiger partial charge in [0.05, 0.1) is 10.8 Å². The summed E-state index contributed by atoms with van der Waals surface area (Å²) in [5.74, 6) is 0.648. The highest BCUT2D eigenvalue weighted by Crippen LogP contribution is 2.41. The minimum Gasteiger partial charge on any atom is -0.316 e. The Morgan fingerprint density at radius 1 is 1.37 bits per heavy atom. The fraction of sp³-hybridized carbons (Fsp3) is 0.278. The Morgan fingerprint density at radius 3 is 2.85 bits per heavy atom. The molecule has 0 bridgehead atoms. The maximum absolute atomic E-state index is 12.6. The summed E-state index contributed by atoms with van der Waals surface area (Å²) in [7, 11) is 0. The highest BCUT2D eigenvalue weighted by atomic mass is 32.2. The zero-order chi connectivity index (χ0) is 18.8. The van der Waals surface area contributed by atoms with Crippen LogP contribution in [0.25, 0.3) is 11.4 Å². The van der Waals surface area contributed by atoms with E-state index in [0.717, 1.165) is 29.4 Å². The number of amides is 1. The van der Waals surface area contributed by atoms with Crippen molar-refractivity contribution in [3.05, 3.63) is 41.5 Å². The van der Waals surface area contributed by atoms with Crippen molar-refractivity contribution >= 4 is 34.0 Å². The van der Waals surface area contributed by atoms with Crippen LogP contribution < -0.4 is 5.32 Å². The van der Waals surface area contributed by atoms with Gasteiger partial charge in [-0.2, -0.15) is 5.26 Å². The molecule has 3 aromatic heterocycles. The molecule has 0 spiro atoms. The van der Waals surface area contributed by atoms with E-state index >= 15 is 0 Å². The lowest BCUT2D eigenvalue weighted by Gasteiger charge is -2.13. The van der Waals surface area contributed by atoms with Gasteiger partial charge in [0.2, 0.25) is 5.91 Å². The number of hydrogen-bond acceptors (Lipinski definition) is 7. The van der Waals surface area contributed by atoms with E-state index in [1.807, 2.05) is 19.1 Å². The molecular weight excluding hydrogens is 380 g/mol. The third-order valence-corrected chi connectivity index (χ3v) is 6.08. The Bertz CT molecular complexity index is 1000. The van der Waals surface area contributed by atoms with Gasteiger partial charge in [-0.3, -0.25) is 14.3 Å². The van der Waals surface area contributed by atoms with Gasteiger partial charge in [0.25, 0.3) is 0 Å². The molecule has 0 aromatic carbocycles. The molecule has 1 saturated carbocycles. The summed E-state index contributed by atoms with van der Waals surface area (Å²) < 4.78 is 2.12. The smallest absolute Gasteiger partial charge is 0.238 e. The average molecular weight is 397 g/mol. The second-order valence-electron chi connectivity index (χ2n) is 6.17. The van der Waals surface area contributed by atoms with Crippen molar-refractivity contribution in [2.24, 2.45) is 0 Å². The molecule has 0 radical (unpaired) electrons. The van der Waals surface area contributed by atoms with E-state index < -0.39 is 0 Å². The predicted molar refractivity (Wildman–Crippen MR) is 105 cm³/mol. The molecule has 3 heterocycles. The normalized spacial score (nSPS) is 14.5. The van der Waals surface area contributed by atoms with Crippen molar-refractivity contribution in [1.82, 2.24) is 19.7 Å². The number of anilines is 1. The van der Waals surface area contributed by atoms with Crippen molar-refractivity contribution in [2.45, 2.75) is 36.2 Å².